The van der Waals surface area contributed by atoms with Gasteiger partial charge in [0, 0.05) is 6.08 Å². The minimum atomic E-state index is -1.96. The van der Waals surface area contributed by atoms with Crippen molar-refractivity contribution in [3.8, 4) is 16.9 Å². The molecule has 6 rings (SSSR count). The normalized spacial score (nSPS) is 27.4. The van der Waals surface area contributed by atoms with E-state index >= 15 is 0 Å². The highest BCUT2D eigenvalue weighted by atomic mass is 28.4. The Morgan fingerprint density at radius 3 is 2.00 bits per heavy atom. The van der Waals surface area contributed by atoms with Gasteiger partial charge in [0.2, 0.25) is 8.32 Å². The summed E-state index contributed by atoms with van der Waals surface area (Å²) in [7, 11) is -0.564. The molecule has 4 bridgehead atoms. The van der Waals surface area contributed by atoms with Gasteiger partial charge in [-0.15, -0.1) is 0 Å². The summed E-state index contributed by atoms with van der Waals surface area (Å²) >= 11 is 0. The molecule has 4 heteroatoms. The van der Waals surface area contributed by atoms with E-state index in [2.05, 4.69) is 76.3 Å². The fourth-order valence-electron chi connectivity index (χ4n) is 7.10. The largest absolute Gasteiger partial charge is 0.543 e. The Labute approximate surface area is 218 Å². The van der Waals surface area contributed by atoms with E-state index in [9.17, 15) is 4.79 Å². The smallest absolute Gasteiger partial charge is 0.330 e. The number of hydrogen-bond donors (Lipinski definition) is 0. The van der Waals surface area contributed by atoms with Crippen LogP contribution >= 0.6 is 0 Å². The van der Waals surface area contributed by atoms with E-state index < -0.39 is 8.32 Å². The van der Waals surface area contributed by atoms with Gasteiger partial charge in [-0.25, -0.2) is 4.79 Å². The molecule has 36 heavy (non-hydrogen) atoms. The molecular weight excluding hydrogens is 460 g/mol. The minimum absolute atomic E-state index is 0.165. The van der Waals surface area contributed by atoms with Crippen molar-refractivity contribution in [3.05, 3.63) is 59.7 Å². The second-order valence-corrected chi connectivity index (χ2v) is 18.0. The van der Waals surface area contributed by atoms with Crippen LogP contribution in [0.2, 0.25) is 18.1 Å². The van der Waals surface area contributed by atoms with Crippen molar-refractivity contribution in [2.24, 2.45) is 17.8 Å². The lowest BCUT2D eigenvalue weighted by Crippen LogP contribution is -2.49. The zero-order chi connectivity index (χ0) is 25.7. The van der Waals surface area contributed by atoms with Crippen molar-refractivity contribution in [1.29, 1.82) is 0 Å². The number of ether oxygens (including phenoxy) is 1. The summed E-state index contributed by atoms with van der Waals surface area (Å²) in [5.41, 5.74) is 5.19. The quantitative estimate of drug-likeness (QED) is 0.226. The molecule has 192 valence electrons. The fourth-order valence-corrected chi connectivity index (χ4v) is 8.13. The third-order valence-electron chi connectivity index (χ3n) is 9.62. The van der Waals surface area contributed by atoms with E-state index in [1.54, 1.807) is 6.08 Å². The Morgan fingerprint density at radius 1 is 0.917 bits per heavy atom. The van der Waals surface area contributed by atoms with E-state index in [4.69, 9.17) is 9.16 Å². The summed E-state index contributed by atoms with van der Waals surface area (Å²) < 4.78 is 11.8. The van der Waals surface area contributed by atoms with Crippen LogP contribution in [-0.2, 0) is 14.9 Å². The first-order valence-electron chi connectivity index (χ1n) is 13.7. The molecule has 0 unspecified atom stereocenters. The lowest BCUT2D eigenvalue weighted by atomic mass is 9.48. The number of carbonyl (C=O) groups is 1. The van der Waals surface area contributed by atoms with Gasteiger partial charge in [-0.3, -0.25) is 0 Å². The lowest BCUT2D eigenvalue weighted by Gasteiger charge is -2.57. The van der Waals surface area contributed by atoms with Crippen molar-refractivity contribution in [2.45, 2.75) is 82.8 Å². The Morgan fingerprint density at radius 2 is 1.47 bits per heavy atom. The van der Waals surface area contributed by atoms with Gasteiger partial charge < -0.3 is 9.16 Å². The number of hydrogen-bond acceptors (Lipinski definition) is 3. The molecule has 0 aliphatic heterocycles. The molecule has 4 aliphatic carbocycles. The highest BCUT2D eigenvalue weighted by Gasteiger charge is 2.53. The van der Waals surface area contributed by atoms with Crippen LogP contribution in [0.25, 0.3) is 17.2 Å². The van der Waals surface area contributed by atoms with Crippen LogP contribution in [0.4, 0.5) is 0 Å². The maximum absolute atomic E-state index is 11.4. The Kier molecular flexibility index (Phi) is 6.47. The SMILES string of the molecule is COC(=O)C=Cc1ccc(-c2ccc(O[Si](C)(C)C(C)(C)C)c(C34CC5CC(CC(C5)C3)C4)c2)cc1. The molecule has 2 aromatic rings. The Hall–Kier alpha value is -2.33. The van der Waals surface area contributed by atoms with Gasteiger partial charge in [0.25, 0.3) is 0 Å². The molecule has 3 nitrogen and oxygen atoms in total. The summed E-state index contributed by atoms with van der Waals surface area (Å²) in [4.78, 5) is 11.4. The molecule has 0 amide bonds. The molecule has 4 fully saturated rings. The third kappa shape index (κ3) is 4.81. The van der Waals surface area contributed by atoms with Crippen LogP contribution in [-0.4, -0.2) is 21.4 Å². The summed E-state index contributed by atoms with van der Waals surface area (Å²) in [5.74, 6) is 3.48. The summed E-state index contributed by atoms with van der Waals surface area (Å²) in [5, 5.41) is 0.165. The van der Waals surface area contributed by atoms with E-state index in [1.165, 1.54) is 68.4 Å². The van der Waals surface area contributed by atoms with Crippen molar-refractivity contribution < 1.29 is 14.0 Å². The van der Waals surface area contributed by atoms with E-state index in [0.717, 1.165) is 29.1 Å². The molecule has 0 heterocycles. The van der Waals surface area contributed by atoms with Crippen molar-refractivity contribution in [3.63, 3.8) is 0 Å². The predicted molar refractivity (Wildman–Crippen MR) is 151 cm³/mol. The zero-order valence-corrected chi connectivity index (χ0v) is 23.9. The molecule has 2 aromatic carbocycles. The van der Waals surface area contributed by atoms with Crippen LogP contribution < -0.4 is 4.43 Å². The third-order valence-corrected chi connectivity index (χ3v) is 14.0. The maximum Gasteiger partial charge on any atom is 0.330 e. The maximum atomic E-state index is 11.4. The van der Waals surface area contributed by atoms with E-state index in [1.807, 2.05) is 0 Å². The standard InChI is InChI=1S/C32H42O3Si/c1-31(2,3)36(5,6)35-29-13-12-27(26-10-7-22(8-11-26)9-14-30(33)34-4)18-28(29)32-19-23-15-24(20-32)17-25(16-23)21-32/h7-14,18,23-25H,15-17,19-21H2,1-6H3. The zero-order valence-electron chi connectivity index (χ0n) is 22.9. The van der Waals surface area contributed by atoms with Crippen LogP contribution in [0, 0.1) is 17.8 Å². The number of rotatable bonds is 6. The fraction of sp³-hybridized carbons (Fsp3) is 0.531. The highest BCUT2D eigenvalue weighted by Crippen LogP contribution is 2.62. The van der Waals surface area contributed by atoms with Crippen LogP contribution in [0.3, 0.4) is 0 Å². The Balaban J connectivity index is 1.53. The molecule has 0 saturated heterocycles. The predicted octanol–water partition coefficient (Wildman–Crippen LogP) is 8.39. The van der Waals surface area contributed by atoms with Crippen molar-refractivity contribution in [2.75, 3.05) is 7.11 Å². The number of esters is 1. The number of methoxy groups -OCH3 is 1. The molecule has 4 saturated carbocycles. The second-order valence-electron chi connectivity index (χ2n) is 13.2. The van der Waals surface area contributed by atoms with Gasteiger partial charge in [-0.05, 0) is 120 Å². The summed E-state index contributed by atoms with van der Waals surface area (Å²) in [6.07, 6.45) is 11.6. The monoisotopic (exact) mass is 502 g/mol. The van der Waals surface area contributed by atoms with Gasteiger partial charge in [-0.1, -0.05) is 51.1 Å². The molecule has 0 atom stereocenters. The molecule has 0 aromatic heterocycles. The number of carbonyl (C=O) groups excluding carboxylic acids is 1. The van der Waals surface area contributed by atoms with Gasteiger partial charge in [0.05, 0.1) is 7.11 Å². The minimum Gasteiger partial charge on any atom is -0.543 e. The molecule has 4 aliphatic rings. The van der Waals surface area contributed by atoms with Gasteiger partial charge in [0.15, 0.2) is 0 Å². The van der Waals surface area contributed by atoms with Crippen LogP contribution in [0.5, 0.6) is 5.75 Å². The van der Waals surface area contributed by atoms with Gasteiger partial charge in [-0.2, -0.15) is 0 Å². The van der Waals surface area contributed by atoms with E-state index in [0.29, 0.717) is 0 Å². The lowest BCUT2D eigenvalue weighted by molar-refractivity contribution is -0.134. The van der Waals surface area contributed by atoms with Crippen LogP contribution in [0.15, 0.2) is 48.5 Å². The first kappa shape index (κ1) is 25.3. The van der Waals surface area contributed by atoms with Gasteiger partial charge >= 0.3 is 5.97 Å². The first-order chi connectivity index (χ1) is 17.0. The Bertz CT molecular complexity index is 1120. The molecular formula is C32H42O3Si. The topological polar surface area (TPSA) is 35.5 Å². The van der Waals surface area contributed by atoms with Crippen molar-refractivity contribution in [1.82, 2.24) is 0 Å². The average molecular weight is 503 g/mol. The van der Waals surface area contributed by atoms with Crippen molar-refractivity contribution >= 4 is 20.4 Å². The highest BCUT2D eigenvalue weighted by molar-refractivity contribution is 6.74. The van der Waals surface area contributed by atoms with Crippen LogP contribution in [0.1, 0.15) is 70.4 Å². The van der Waals surface area contributed by atoms with E-state index in [-0.39, 0.29) is 16.4 Å². The number of benzene rings is 2. The van der Waals surface area contributed by atoms with Gasteiger partial charge in [0.1, 0.15) is 5.75 Å². The first-order valence-corrected chi connectivity index (χ1v) is 16.6. The average Bonchev–Trinajstić information content (AvgIpc) is 2.81. The molecule has 0 radical (unpaired) electrons. The summed E-state index contributed by atoms with van der Waals surface area (Å²) in [6.45, 7) is 11.7. The second kappa shape index (κ2) is 9.20. The summed E-state index contributed by atoms with van der Waals surface area (Å²) in [6, 6.07) is 15.4. The molecule has 0 spiro atoms. The molecule has 0 N–H and O–H groups in total.